The summed E-state index contributed by atoms with van der Waals surface area (Å²) >= 11 is 1.60. The largest absolute Gasteiger partial charge is 0.394 e. The maximum Gasteiger partial charge on any atom is 0.256 e. The van der Waals surface area contributed by atoms with E-state index < -0.39 is 16.8 Å². The van der Waals surface area contributed by atoms with Crippen molar-refractivity contribution in [1.29, 1.82) is 0 Å². The third-order valence-electron chi connectivity index (χ3n) is 6.67. The van der Waals surface area contributed by atoms with E-state index in [4.69, 9.17) is 0 Å². The lowest BCUT2D eigenvalue weighted by molar-refractivity contribution is -0.133. The van der Waals surface area contributed by atoms with Gasteiger partial charge in [-0.25, -0.2) is 0 Å². The third kappa shape index (κ3) is 4.39. The van der Waals surface area contributed by atoms with E-state index >= 15 is 0 Å². The van der Waals surface area contributed by atoms with Gasteiger partial charge in [0.1, 0.15) is 17.5 Å². The minimum Gasteiger partial charge on any atom is -0.394 e. The third-order valence-corrected chi connectivity index (χ3v) is 8.20. The predicted molar refractivity (Wildman–Crippen MR) is 126 cm³/mol. The molecule has 1 saturated heterocycles. The zero-order chi connectivity index (χ0) is 23.8. The highest BCUT2D eigenvalue weighted by molar-refractivity contribution is 8.01. The minimum atomic E-state index is -0.750. The van der Waals surface area contributed by atoms with Crippen molar-refractivity contribution in [2.75, 3.05) is 6.61 Å². The molecule has 0 radical (unpaired) electrons. The molecule has 3 N–H and O–H groups in total. The average Bonchev–Trinajstić information content (AvgIpc) is 3.18. The number of thioether (sulfide) groups is 1. The fraction of sp³-hybridized carbons (Fsp3) is 0.625. The van der Waals surface area contributed by atoms with Gasteiger partial charge < -0.3 is 20.6 Å². The molecule has 0 spiro atoms. The first-order chi connectivity index (χ1) is 15.0. The maximum absolute atomic E-state index is 13.6. The minimum absolute atomic E-state index is 0.0592. The molecular formula is C24H35N3O4S. The first kappa shape index (κ1) is 24.6. The number of amides is 3. The fourth-order valence-corrected chi connectivity index (χ4v) is 6.02. The van der Waals surface area contributed by atoms with E-state index in [0.29, 0.717) is 12.0 Å². The standard InChI is InChI=1S/C24H35N3O4S/c1-7-14(4)18(20(29)25-17(12-28)13(2)3)26-21(30)19-24(5,6)32-23-16-11-9-8-10-15(16)22(31)27(19)23/h8-11,13-14,17-19,23,28H,7,12H2,1-6H3,(H,25,29)(H,26,30). The van der Waals surface area contributed by atoms with Crippen LogP contribution in [0.3, 0.4) is 0 Å². The second-order valence-corrected chi connectivity index (χ2v) is 11.4. The summed E-state index contributed by atoms with van der Waals surface area (Å²) in [7, 11) is 0. The van der Waals surface area contributed by atoms with Crippen molar-refractivity contribution >= 4 is 29.5 Å². The Bertz CT molecular complexity index is 888. The lowest BCUT2D eigenvalue weighted by Crippen LogP contribution is -2.59. The number of hydrogen-bond donors (Lipinski definition) is 3. The molecule has 5 atom stereocenters. The van der Waals surface area contributed by atoms with Gasteiger partial charge >= 0.3 is 0 Å². The van der Waals surface area contributed by atoms with E-state index in [1.54, 1.807) is 22.7 Å². The Morgan fingerprint density at radius 1 is 1.19 bits per heavy atom. The number of rotatable bonds is 8. The van der Waals surface area contributed by atoms with Crippen molar-refractivity contribution < 1.29 is 19.5 Å². The van der Waals surface area contributed by atoms with Crippen LogP contribution in [0.1, 0.15) is 69.3 Å². The molecule has 1 fully saturated rings. The van der Waals surface area contributed by atoms with Gasteiger partial charge in [0.05, 0.1) is 12.6 Å². The number of benzene rings is 1. The van der Waals surface area contributed by atoms with E-state index in [-0.39, 0.29) is 47.6 Å². The summed E-state index contributed by atoms with van der Waals surface area (Å²) in [6.45, 7) is 11.5. The van der Waals surface area contributed by atoms with Gasteiger partial charge in [0.25, 0.3) is 5.91 Å². The summed E-state index contributed by atoms with van der Waals surface area (Å²) < 4.78 is -0.514. The van der Waals surface area contributed by atoms with Crippen molar-refractivity contribution in [3.63, 3.8) is 0 Å². The van der Waals surface area contributed by atoms with Gasteiger partial charge in [-0.2, -0.15) is 0 Å². The SMILES string of the molecule is CCC(C)C(NC(=O)C1N2C(=O)c3ccccc3C2SC1(C)C)C(=O)NC(CO)C(C)C. The monoisotopic (exact) mass is 461 g/mol. The van der Waals surface area contributed by atoms with Crippen LogP contribution in [0.15, 0.2) is 24.3 Å². The molecule has 1 aromatic rings. The van der Waals surface area contributed by atoms with Gasteiger partial charge in [-0.1, -0.05) is 52.3 Å². The van der Waals surface area contributed by atoms with Crippen LogP contribution >= 0.6 is 11.8 Å². The lowest BCUT2D eigenvalue weighted by atomic mass is 9.95. The molecule has 8 heteroatoms. The Kier molecular flexibility index (Phi) is 7.25. The summed E-state index contributed by atoms with van der Waals surface area (Å²) in [6, 6.07) is 5.65. The van der Waals surface area contributed by atoms with E-state index in [9.17, 15) is 19.5 Å². The molecular weight excluding hydrogens is 426 g/mol. The number of aliphatic hydroxyl groups is 1. The summed E-state index contributed by atoms with van der Waals surface area (Å²) in [5.74, 6) is -0.824. The molecule has 7 nitrogen and oxygen atoms in total. The van der Waals surface area contributed by atoms with Crippen LogP contribution in [-0.4, -0.2) is 57.2 Å². The highest BCUT2D eigenvalue weighted by Gasteiger charge is 2.57. The zero-order valence-electron chi connectivity index (χ0n) is 19.7. The van der Waals surface area contributed by atoms with Crippen molar-refractivity contribution in [2.24, 2.45) is 11.8 Å². The normalized spacial score (nSPS) is 24.0. The molecule has 3 rings (SSSR count). The molecule has 1 aromatic carbocycles. The molecule has 2 heterocycles. The highest BCUT2D eigenvalue weighted by Crippen LogP contribution is 2.56. The van der Waals surface area contributed by atoms with Crippen LogP contribution in [0.4, 0.5) is 0 Å². The first-order valence-electron chi connectivity index (χ1n) is 11.3. The molecule has 5 unspecified atom stereocenters. The fourth-order valence-electron chi connectivity index (χ4n) is 4.43. The number of fused-ring (bicyclic) bond motifs is 3. The molecule has 176 valence electrons. The number of carbonyl (C=O) groups is 3. The van der Waals surface area contributed by atoms with Gasteiger partial charge in [0, 0.05) is 10.3 Å². The maximum atomic E-state index is 13.6. The highest BCUT2D eigenvalue weighted by atomic mass is 32.2. The first-order valence-corrected chi connectivity index (χ1v) is 12.2. The van der Waals surface area contributed by atoms with Crippen LogP contribution < -0.4 is 10.6 Å². The Morgan fingerprint density at radius 3 is 2.44 bits per heavy atom. The second-order valence-electron chi connectivity index (χ2n) is 9.69. The van der Waals surface area contributed by atoms with Crippen LogP contribution in [-0.2, 0) is 9.59 Å². The summed E-state index contributed by atoms with van der Waals surface area (Å²) in [5.41, 5.74) is 1.57. The van der Waals surface area contributed by atoms with E-state index in [1.165, 1.54) is 0 Å². The van der Waals surface area contributed by atoms with Crippen LogP contribution in [0.5, 0.6) is 0 Å². The lowest BCUT2D eigenvalue weighted by Gasteiger charge is -2.33. The summed E-state index contributed by atoms with van der Waals surface area (Å²) in [4.78, 5) is 41.5. The van der Waals surface area contributed by atoms with Gasteiger partial charge in [-0.15, -0.1) is 11.8 Å². The number of nitrogens with one attached hydrogen (secondary N) is 2. The summed E-state index contributed by atoms with van der Waals surface area (Å²) in [6.07, 6.45) is 0.698. The van der Waals surface area contributed by atoms with Crippen molar-refractivity contribution in [3.8, 4) is 0 Å². The molecule has 0 aliphatic carbocycles. The number of aliphatic hydroxyl groups excluding tert-OH is 1. The van der Waals surface area contributed by atoms with E-state index in [0.717, 1.165) is 5.56 Å². The van der Waals surface area contributed by atoms with Gasteiger partial charge in [-0.05, 0) is 37.3 Å². The Balaban J connectivity index is 1.84. The Morgan fingerprint density at radius 2 is 1.84 bits per heavy atom. The summed E-state index contributed by atoms with van der Waals surface area (Å²) in [5, 5.41) is 15.2. The molecule has 32 heavy (non-hydrogen) atoms. The van der Waals surface area contributed by atoms with Crippen LogP contribution in [0.25, 0.3) is 0 Å². The van der Waals surface area contributed by atoms with E-state index in [2.05, 4.69) is 10.6 Å². The quantitative estimate of drug-likeness (QED) is 0.553. The average molecular weight is 462 g/mol. The Labute approximate surface area is 194 Å². The molecule has 2 aliphatic rings. The van der Waals surface area contributed by atoms with Crippen molar-refractivity contribution in [1.82, 2.24) is 15.5 Å². The second kappa shape index (κ2) is 9.43. The predicted octanol–water partition coefficient (Wildman–Crippen LogP) is 2.70. The van der Waals surface area contributed by atoms with E-state index in [1.807, 2.05) is 59.7 Å². The topological polar surface area (TPSA) is 98.7 Å². The number of carbonyl (C=O) groups excluding carboxylic acids is 3. The Hall–Kier alpha value is -2.06. The molecule has 0 aromatic heterocycles. The molecule has 3 amide bonds. The molecule has 0 saturated carbocycles. The number of hydrogen-bond acceptors (Lipinski definition) is 5. The van der Waals surface area contributed by atoms with Crippen LogP contribution in [0.2, 0.25) is 0 Å². The molecule has 2 aliphatic heterocycles. The smallest absolute Gasteiger partial charge is 0.256 e. The zero-order valence-corrected chi connectivity index (χ0v) is 20.5. The van der Waals surface area contributed by atoms with Crippen molar-refractivity contribution in [3.05, 3.63) is 35.4 Å². The molecule has 0 bridgehead atoms. The van der Waals surface area contributed by atoms with Crippen molar-refractivity contribution in [2.45, 2.75) is 76.2 Å². The van der Waals surface area contributed by atoms with Gasteiger partial charge in [-0.3, -0.25) is 14.4 Å². The number of nitrogens with zero attached hydrogens (tertiary/aromatic N) is 1. The van der Waals surface area contributed by atoms with Gasteiger partial charge in [0.15, 0.2) is 0 Å². The van der Waals surface area contributed by atoms with Gasteiger partial charge in [0.2, 0.25) is 11.8 Å². The van der Waals surface area contributed by atoms with Crippen LogP contribution in [0, 0.1) is 11.8 Å².